The first-order chi connectivity index (χ1) is 11.1. The van der Waals surface area contributed by atoms with Gasteiger partial charge in [0.25, 0.3) is 0 Å². The SMILES string of the molecule is COC[C@@H]1CCCN1c1ccc2c(c1)O[C@@H]1CCN(C1)S2(=O)=O. The van der Waals surface area contributed by atoms with Crippen LogP contribution in [-0.2, 0) is 14.8 Å². The third-order valence-electron chi connectivity index (χ3n) is 5.01. The van der Waals surface area contributed by atoms with E-state index in [0.717, 1.165) is 31.5 Å². The van der Waals surface area contributed by atoms with Gasteiger partial charge in [-0.25, -0.2) is 8.42 Å². The molecule has 1 aromatic rings. The van der Waals surface area contributed by atoms with E-state index in [0.29, 0.717) is 36.4 Å². The summed E-state index contributed by atoms with van der Waals surface area (Å²) < 4.78 is 38.2. The number of hydrogen-bond donors (Lipinski definition) is 0. The van der Waals surface area contributed by atoms with Gasteiger partial charge in [-0.2, -0.15) is 4.31 Å². The van der Waals surface area contributed by atoms with Crippen LogP contribution in [0.5, 0.6) is 5.75 Å². The average molecular weight is 338 g/mol. The second-order valence-corrected chi connectivity index (χ2v) is 8.37. The maximum atomic E-state index is 12.7. The molecule has 4 rings (SSSR count). The smallest absolute Gasteiger partial charge is 0.246 e. The summed E-state index contributed by atoms with van der Waals surface area (Å²) in [6, 6.07) is 5.83. The van der Waals surface area contributed by atoms with Crippen LogP contribution < -0.4 is 9.64 Å². The number of anilines is 1. The quantitative estimate of drug-likeness (QED) is 0.835. The Hall–Kier alpha value is -1.31. The molecule has 6 nitrogen and oxygen atoms in total. The number of hydrogen-bond acceptors (Lipinski definition) is 5. The average Bonchev–Trinajstić information content (AvgIpc) is 3.14. The van der Waals surface area contributed by atoms with E-state index >= 15 is 0 Å². The number of benzene rings is 1. The zero-order valence-electron chi connectivity index (χ0n) is 13.3. The first-order valence-corrected chi connectivity index (χ1v) is 9.60. The molecule has 3 heterocycles. The Morgan fingerprint density at radius 2 is 2.17 bits per heavy atom. The van der Waals surface area contributed by atoms with Crippen molar-refractivity contribution in [2.75, 3.05) is 38.3 Å². The topological polar surface area (TPSA) is 59.1 Å². The van der Waals surface area contributed by atoms with Crippen LogP contribution in [0.2, 0.25) is 0 Å². The number of sulfonamides is 1. The van der Waals surface area contributed by atoms with Crippen molar-refractivity contribution >= 4 is 15.7 Å². The van der Waals surface area contributed by atoms with E-state index in [9.17, 15) is 8.42 Å². The summed E-state index contributed by atoms with van der Waals surface area (Å²) in [5.41, 5.74) is 1.02. The van der Waals surface area contributed by atoms with E-state index in [4.69, 9.17) is 9.47 Å². The monoisotopic (exact) mass is 338 g/mol. The second-order valence-electron chi connectivity index (χ2n) is 6.47. The van der Waals surface area contributed by atoms with Crippen LogP contribution in [0.25, 0.3) is 0 Å². The van der Waals surface area contributed by atoms with Crippen molar-refractivity contribution in [3.8, 4) is 5.75 Å². The Kier molecular flexibility index (Phi) is 3.74. The first kappa shape index (κ1) is 15.2. The molecule has 0 saturated carbocycles. The lowest BCUT2D eigenvalue weighted by atomic mass is 10.2. The Labute approximate surface area is 137 Å². The lowest BCUT2D eigenvalue weighted by Crippen LogP contribution is -2.32. The predicted molar refractivity (Wildman–Crippen MR) is 86.5 cm³/mol. The normalized spacial score (nSPS) is 31.5. The maximum Gasteiger partial charge on any atom is 0.246 e. The van der Waals surface area contributed by atoms with Gasteiger partial charge in [0.1, 0.15) is 16.7 Å². The molecule has 1 unspecified atom stereocenters. The minimum atomic E-state index is -3.43. The summed E-state index contributed by atoms with van der Waals surface area (Å²) in [6.07, 6.45) is 2.95. The molecule has 0 aromatic heterocycles. The molecule has 2 bridgehead atoms. The van der Waals surface area contributed by atoms with Gasteiger partial charge >= 0.3 is 0 Å². The fourth-order valence-electron chi connectivity index (χ4n) is 3.85. The summed E-state index contributed by atoms with van der Waals surface area (Å²) in [4.78, 5) is 2.59. The number of rotatable bonds is 3. The lowest BCUT2D eigenvalue weighted by molar-refractivity contribution is 0.180. The van der Waals surface area contributed by atoms with Gasteiger partial charge in [0.15, 0.2) is 0 Å². The van der Waals surface area contributed by atoms with Crippen molar-refractivity contribution in [3.63, 3.8) is 0 Å². The minimum absolute atomic E-state index is 0.0328. The van der Waals surface area contributed by atoms with Gasteiger partial charge in [0, 0.05) is 32.0 Å². The molecular formula is C16H22N2O4S. The van der Waals surface area contributed by atoms with Gasteiger partial charge in [0.2, 0.25) is 10.0 Å². The molecule has 2 fully saturated rings. The molecule has 3 atom stereocenters. The molecule has 126 valence electrons. The molecule has 0 aliphatic carbocycles. The minimum Gasteiger partial charge on any atom is -0.487 e. The number of methoxy groups -OCH3 is 1. The number of fused-ring (bicyclic) bond motifs is 3. The van der Waals surface area contributed by atoms with E-state index in [-0.39, 0.29) is 6.10 Å². The van der Waals surface area contributed by atoms with E-state index in [1.165, 1.54) is 4.31 Å². The molecular weight excluding hydrogens is 316 g/mol. The van der Waals surface area contributed by atoms with Crippen molar-refractivity contribution in [2.24, 2.45) is 0 Å². The molecule has 2 saturated heterocycles. The van der Waals surface area contributed by atoms with Crippen molar-refractivity contribution in [2.45, 2.75) is 36.3 Å². The van der Waals surface area contributed by atoms with Crippen LogP contribution in [0.4, 0.5) is 5.69 Å². The first-order valence-electron chi connectivity index (χ1n) is 8.16. The highest BCUT2D eigenvalue weighted by Gasteiger charge is 2.39. The molecule has 1 aromatic carbocycles. The van der Waals surface area contributed by atoms with Crippen LogP contribution in [0.15, 0.2) is 23.1 Å². The van der Waals surface area contributed by atoms with Crippen LogP contribution in [0, 0.1) is 0 Å². The Morgan fingerprint density at radius 1 is 1.30 bits per heavy atom. The molecule has 3 aliphatic rings. The van der Waals surface area contributed by atoms with Gasteiger partial charge in [-0.1, -0.05) is 0 Å². The zero-order valence-corrected chi connectivity index (χ0v) is 14.1. The molecule has 0 radical (unpaired) electrons. The molecule has 3 aliphatic heterocycles. The van der Waals surface area contributed by atoms with E-state index < -0.39 is 10.0 Å². The fourth-order valence-corrected chi connectivity index (χ4v) is 5.44. The van der Waals surface area contributed by atoms with E-state index in [1.54, 1.807) is 13.2 Å². The van der Waals surface area contributed by atoms with Gasteiger partial charge in [-0.05, 0) is 31.4 Å². The highest BCUT2D eigenvalue weighted by Crippen LogP contribution is 2.38. The van der Waals surface area contributed by atoms with Crippen LogP contribution in [0.1, 0.15) is 19.3 Å². The third-order valence-corrected chi connectivity index (χ3v) is 6.92. The summed E-state index contributed by atoms with van der Waals surface area (Å²) >= 11 is 0. The van der Waals surface area contributed by atoms with Crippen molar-refractivity contribution < 1.29 is 17.9 Å². The summed E-state index contributed by atoms with van der Waals surface area (Å²) in [5.74, 6) is 0.498. The van der Waals surface area contributed by atoms with Gasteiger partial charge < -0.3 is 14.4 Å². The highest BCUT2D eigenvalue weighted by molar-refractivity contribution is 7.89. The van der Waals surface area contributed by atoms with E-state index in [2.05, 4.69) is 4.90 Å². The van der Waals surface area contributed by atoms with Crippen molar-refractivity contribution in [1.82, 2.24) is 4.31 Å². The van der Waals surface area contributed by atoms with Crippen molar-refractivity contribution in [3.05, 3.63) is 18.2 Å². The Balaban J connectivity index is 1.71. The van der Waals surface area contributed by atoms with Crippen LogP contribution >= 0.6 is 0 Å². The largest absolute Gasteiger partial charge is 0.487 e. The fraction of sp³-hybridized carbons (Fsp3) is 0.625. The number of ether oxygens (including phenoxy) is 2. The van der Waals surface area contributed by atoms with Gasteiger partial charge in [0.05, 0.1) is 19.2 Å². The molecule has 23 heavy (non-hydrogen) atoms. The molecule has 0 spiro atoms. The number of nitrogens with zero attached hydrogens (tertiary/aromatic N) is 2. The maximum absolute atomic E-state index is 12.7. The molecule has 0 amide bonds. The third kappa shape index (κ3) is 2.51. The Morgan fingerprint density at radius 3 is 3.00 bits per heavy atom. The lowest BCUT2D eigenvalue weighted by Gasteiger charge is -2.27. The summed E-state index contributed by atoms with van der Waals surface area (Å²) in [7, 11) is -1.71. The van der Waals surface area contributed by atoms with Crippen LogP contribution in [0.3, 0.4) is 0 Å². The van der Waals surface area contributed by atoms with Gasteiger partial charge in [-0.3, -0.25) is 0 Å². The summed E-state index contributed by atoms with van der Waals surface area (Å²) in [6.45, 7) is 2.67. The van der Waals surface area contributed by atoms with E-state index in [1.807, 2.05) is 12.1 Å². The van der Waals surface area contributed by atoms with Gasteiger partial charge in [-0.15, -0.1) is 0 Å². The molecule has 0 N–H and O–H groups in total. The molecule has 7 heteroatoms. The standard InChI is InChI=1S/C16H22N2O4S/c1-21-11-13-3-2-7-18(13)12-4-5-16-15(9-12)22-14-6-8-17(10-14)23(16,19)20/h4-5,9,13-14H,2-3,6-8,10-11H2,1H3/t13-,14+/m0/s1. The van der Waals surface area contributed by atoms with Crippen LogP contribution in [-0.4, -0.2) is 58.2 Å². The zero-order chi connectivity index (χ0) is 16.0. The summed E-state index contributed by atoms with van der Waals surface area (Å²) in [5, 5.41) is 0. The second kappa shape index (κ2) is 5.65. The highest BCUT2D eigenvalue weighted by atomic mass is 32.2. The Bertz CT molecular complexity index is 706. The predicted octanol–water partition coefficient (Wildman–Crippen LogP) is 1.46. The van der Waals surface area contributed by atoms with Crippen molar-refractivity contribution in [1.29, 1.82) is 0 Å².